The standard InChI is InChI=1S/C26H28N2/c1-3-28(4-2)19-15-16-25-24(17-19)21-12-8-14-23(21)26(27-25)22-13-7-10-18-9-5-6-11-20(18)22/h5-13,15-17,21,23,26-27H,3-4,14H2,1-2H3. The lowest BCUT2D eigenvalue weighted by molar-refractivity contribution is 0.427. The van der Waals surface area contributed by atoms with Crippen LogP contribution in [0.3, 0.4) is 0 Å². The van der Waals surface area contributed by atoms with E-state index < -0.39 is 0 Å². The second-order valence-corrected chi connectivity index (χ2v) is 7.99. The van der Waals surface area contributed by atoms with Crippen LogP contribution in [0.15, 0.2) is 72.8 Å². The van der Waals surface area contributed by atoms with Gasteiger partial charge in [0.05, 0.1) is 6.04 Å². The van der Waals surface area contributed by atoms with Crippen LogP contribution >= 0.6 is 0 Å². The molecule has 0 bridgehead atoms. The van der Waals surface area contributed by atoms with Crippen LogP contribution in [-0.4, -0.2) is 13.1 Å². The molecule has 1 heterocycles. The smallest absolute Gasteiger partial charge is 0.0560 e. The Kier molecular flexibility index (Phi) is 4.35. The first-order chi connectivity index (χ1) is 13.8. The molecule has 0 aromatic heterocycles. The van der Waals surface area contributed by atoms with E-state index in [1.165, 1.54) is 33.3 Å². The van der Waals surface area contributed by atoms with Gasteiger partial charge in [0.2, 0.25) is 0 Å². The van der Waals surface area contributed by atoms with E-state index >= 15 is 0 Å². The lowest BCUT2D eigenvalue weighted by Crippen LogP contribution is -2.30. The Hall–Kier alpha value is -2.74. The van der Waals surface area contributed by atoms with Crippen LogP contribution in [0, 0.1) is 5.92 Å². The maximum absolute atomic E-state index is 3.92. The maximum atomic E-state index is 3.92. The summed E-state index contributed by atoms with van der Waals surface area (Å²) in [5, 5.41) is 6.62. The van der Waals surface area contributed by atoms with E-state index in [-0.39, 0.29) is 0 Å². The molecule has 142 valence electrons. The molecule has 0 saturated heterocycles. The Labute approximate surface area is 167 Å². The van der Waals surface area contributed by atoms with E-state index in [0.29, 0.717) is 17.9 Å². The number of allylic oxidation sites excluding steroid dienone is 2. The van der Waals surface area contributed by atoms with Gasteiger partial charge in [0.15, 0.2) is 0 Å². The van der Waals surface area contributed by atoms with Crippen molar-refractivity contribution in [2.24, 2.45) is 5.92 Å². The molecule has 3 aromatic rings. The largest absolute Gasteiger partial charge is 0.378 e. The van der Waals surface area contributed by atoms with Crippen molar-refractivity contribution < 1.29 is 0 Å². The first-order valence-electron chi connectivity index (χ1n) is 10.6. The SMILES string of the molecule is CCN(CC)c1ccc2c(c1)C1C=CCC1C(c1cccc3ccccc13)N2. The monoisotopic (exact) mass is 368 g/mol. The van der Waals surface area contributed by atoms with Crippen LogP contribution < -0.4 is 10.2 Å². The van der Waals surface area contributed by atoms with Crippen LogP contribution in [0.4, 0.5) is 11.4 Å². The van der Waals surface area contributed by atoms with E-state index in [1.54, 1.807) is 0 Å². The predicted molar refractivity (Wildman–Crippen MR) is 120 cm³/mol. The zero-order valence-corrected chi connectivity index (χ0v) is 16.7. The molecule has 5 rings (SSSR count). The topological polar surface area (TPSA) is 15.3 Å². The molecule has 2 aliphatic rings. The molecule has 3 unspecified atom stereocenters. The molecule has 2 heteroatoms. The van der Waals surface area contributed by atoms with Gasteiger partial charge in [0, 0.05) is 30.4 Å². The van der Waals surface area contributed by atoms with Gasteiger partial charge in [-0.2, -0.15) is 0 Å². The average molecular weight is 369 g/mol. The van der Waals surface area contributed by atoms with Crippen molar-refractivity contribution in [1.82, 2.24) is 0 Å². The summed E-state index contributed by atoms with van der Waals surface area (Å²) in [4.78, 5) is 2.44. The lowest BCUT2D eigenvalue weighted by atomic mass is 9.76. The third kappa shape index (κ3) is 2.71. The van der Waals surface area contributed by atoms with Crippen molar-refractivity contribution in [2.45, 2.75) is 32.2 Å². The number of nitrogens with one attached hydrogen (secondary N) is 1. The van der Waals surface area contributed by atoms with Gasteiger partial charge in [-0.15, -0.1) is 0 Å². The minimum Gasteiger partial charge on any atom is -0.378 e. The molecule has 0 amide bonds. The Balaban J connectivity index is 1.59. The Morgan fingerprint density at radius 3 is 2.61 bits per heavy atom. The first-order valence-corrected chi connectivity index (χ1v) is 10.6. The average Bonchev–Trinajstić information content (AvgIpc) is 3.24. The van der Waals surface area contributed by atoms with Crippen LogP contribution in [0.2, 0.25) is 0 Å². The van der Waals surface area contributed by atoms with E-state index in [1.807, 2.05) is 0 Å². The third-order valence-electron chi connectivity index (χ3n) is 6.63. The van der Waals surface area contributed by atoms with Crippen LogP contribution in [-0.2, 0) is 0 Å². The van der Waals surface area contributed by atoms with E-state index in [0.717, 1.165) is 19.5 Å². The second kappa shape index (κ2) is 7.01. The summed E-state index contributed by atoms with van der Waals surface area (Å²) >= 11 is 0. The summed E-state index contributed by atoms with van der Waals surface area (Å²) in [5.74, 6) is 1.07. The first kappa shape index (κ1) is 17.4. The molecule has 2 nitrogen and oxygen atoms in total. The zero-order valence-electron chi connectivity index (χ0n) is 16.7. The fourth-order valence-electron chi connectivity index (χ4n) is 5.20. The summed E-state index contributed by atoms with van der Waals surface area (Å²) in [5.41, 5.74) is 5.52. The lowest BCUT2D eigenvalue weighted by Gasteiger charge is -2.38. The Bertz CT molecular complexity index is 1030. The zero-order chi connectivity index (χ0) is 19.1. The minimum absolute atomic E-state index is 0.345. The highest BCUT2D eigenvalue weighted by Crippen LogP contribution is 2.51. The molecule has 1 aliphatic carbocycles. The molecule has 28 heavy (non-hydrogen) atoms. The number of fused-ring (bicyclic) bond motifs is 4. The summed E-state index contributed by atoms with van der Waals surface area (Å²) in [6, 6.07) is 22.8. The summed E-state index contributed by atoms with van der Waals surface area (Å²) in [6.07, 6.45) is 5.96. The molecular weight excluding hydrogens is 340 g/mol. The van der Waals surface area contributed by atoms with Crippen LogP contribution in [0.25, 0.3) is 10.8 Å². The minimum atomic E-state index is 0.345. The van der Waals surface area contributed by atoms with E-state index in [9.17, 15) is 0 Å². The number of benzene rings is 3. The summed E-state index contributed by atoms with van der Waals surface area (Å²) in [6.45, 7) is 6.56. The van der Waals surface area contributed by atoms with Gasteiger partial charge in [-0.25, -0.2) is 0 Å². The van der Waals surface area contributed by atoms with Crippen LogP contribution in [0.5, 0.6) is 0 Å². The fraction of sp³-hybridized carbons (Fsp3) is 0.308. The van der Waals surface area contributed by atoms with Crippen molar-refractivity contribution in [1.29, 1.82) is 0 Å². The highest BCUT2D eigenvalue weighted by atomic mass is 15.1. The number of rotatable bonds is 4. The number of hydrogen-bond donors (Lipinski definition) is 1. The van der Waals surface area contributed by atoms with Gasteiger partial charge in [-0.3, -0.25) is 0 Å². The van der Waals surface area contributed by atoms with Crippen molar-refractivity contribution >= 4 is 22.1 Å². The molecule has 1 N–H and O–H groups in total. The maximum Gasteiger partial charge on any atom is 0.0560 e. The quantitative estimate of drug-likeness (QED) is 0.528. The molecule has 1 aliphatic heterocycles. The molecule has 0 radical (unpaired) electrons. The number of hydrogen-bond acceptors (Lipinski definition) is 2. The van der Waals surface area contributed by atoms with E-state index in [2.05, 4.69) is 96.9 Å². The normalized spacial score (nSPS) is 22.6. The number of nitrogens with zero attached hydrogens (tertiary/aromatic N) is 1. The van der Waals surface area contributed by atoms with E-state index in [4.69, 9.17) is 0 Å². The van der Waals surface area contributed by atoms with Gasteiger partial charge in [-0.1, -0.05) is 54.6 Å². The Morgan fingerprint density at radius 1 is 0.929 bits per heavy atom. The fourth-order valence-corrected chi connectivity index (χ4v) is 5.20. The van der Waals surface area contributed by atoms with Crippen molar-refractivity contribution in [2.75, 3.05) is 23.3 Å². The molecule has 0 saturated carbocycles. The third-order valence-corrected chi connectivity index (χ3v) is 6.63. The van der Waals surface area contributed by atoms with Crippen LogP contribution in [0.1, 0.15) is 43.4 Å². The van der Waals surface area contributed by atoms with Gasteiger partial charge in [-0.05, 0) is 66.3 Å². The molecule has 0 spiro atoms. The molecular formula is C26H28N2. The van der Waals surface area contributed by atoms with Crippen molar-refractivity contribution in [3.63, 3.8) is 0 Å². The number of anilines is 2. The van der Waals surface area contributed by atoms with Crippen molar-refractivity contribution in [3.05, 3.63) is 83.9 Å². The van der Waals surface area contributed by atoms with Gasteiger partial charge >= 0.3 is 0 Å². The summed E-state index contributed by atoms with van der Waals surface area (Å²) in [7, 11) is 0. The summed E-state index contributed by atoms with van der Waals surface area (Å²) < 4.78 is 0. The second-order valence-electron chi connectivity index (χ2n) is 7.99. The molecule has 0 fully saturated rings. The van der Waals surface area contributed by atoms with Crippen molar-refractivity contribution in [3.8, 4) is 0 Å². The highest BCUT2D eigenvalue weighted by Gasteiger charge is 2.38. The molecule has 3 atom stereocenters. The predicted octanol–water partition coefficient (Wildman–Crippen LogP) is 6.51. The Morgan fingerprint density at radius 2 is 1.75 bits per heavy atom. The van der Waals surface area contributed by atoms with Gasteiger partial charge < -0.3 is 10.2 Å². The van der Waals surface area contributed by atoms with Gasteiger partial charge in [0.1, 0.15) is 0 Å². The molecule has 3 aromatic carbocycles. The van der Waals surface area contributed by atoms with Gasteiger partial charge in [0.25, 0.3) is 0 Å². The highest BCUT2D eigenvalue weighted by molar-refractivity contribution is 5.86.